The van der Waals surface area contributed by atoms with Crippen LogP contribution in [0, 0.1) is 5.41 Å². The molecule has 1 aromatic heterocycles. The van der Waals surface area contributed by atoms with E-state index in [1.165, 1.54) is 12.1 Å². The van der Waals surface area contributed by atoms with E-state index >= 15 is 0 Å². The summed E-state index contributed by atoms with van der Waals surface area (Å²) in [6, 6.07) is 5.15. The van der Waals surface area contributed by atoms with Crippen LogP contribution in [0.3, 0.4) is 0 Å². The zero-order valence-electron chi connectivity index (χ0n) is 12.2. The molecule has 2 aromatic rings. The van der Waals surface area contributed by atoms with Gasteiger partial charge in [0.1, 0.15) is 11.4 Å². The zero-order valence-corrected chi connectivity index (χ0v) is 12.2. The van der Waals surface area contributed by atoms with Crippen molar-refractivity contribution in [1.82, 2.24) is 10.3 Å². The highest BCUT2D eigenvalue weighted by Gasteiger charge is 2.50. The number of hydrogen-bond donors (Lipinski definition) is 3. The Morgan fingerprint density at radius 1 is 1.29 bits per heavy atom. The number of aliphatic carboxylic acids is 1. The van der Waals surface area contributed by atoms with Gasteiger partial charge in [0.15, 0.2) is 0 Å². The number of nitrogens with one attached hydrogen (secondary N) is 2. The van der Waals surface area contributed by atoms with Crippen molar-refractivity contribution < 1.29 is 32.6 Å². The van der Waals surface area contributed by atoms with Crippen molar-refractivity contribution in [2.75, 3.05) is 6.54 Å². The molecule has 1 fully saturated rings. The first kappa shape index (κ1) is 16.2. The van der Waals surface area contributed by atoms with E-state index in [1.54, 1.807) is 0 Å². The first-order valence-corrected chi connectivity index (χ1v) is 7.09. The monoisotopic (exact) mass is 342 g/mol. The maximum atomic E-state index is 12.2. The number of halogens is 3. The van der Waals surface area contributed by atoms with E-state index in [2.05, 4.69) is 15.0 Å². The molecule has 0 atom stereocenters. The van der Waals surface area contributed by atoms with Crippen molar-refractivity contribution in [2.24, 2.45) is 5.41 Å². The molecule has 6 nitrogen and oxygen atoms in total. The number of carboxylic acid groups (broad SMARTS) is 1. The summed E-state index contributed by atoms with van der Waals surface area (Å²) in [5, 5.41) is 12.1. The predicted octanol–water partition coefficient (Wildman–Crippen LogP) is 2.66. The second-order valence-corrected chi connectivity index (χ2v) is 5.75. The molecule has 128 valence electrons. The molecule has 0 radical (unpaired) electrons. The molecule has 0 unspecified atom stereocenters. The van der Waals surface area contributed by atoms with Crippen molar-refractivity contribution >= 4 is 22.8 Å². The van der Waals surface area contributed by atoms with Crippen LogP contribution in [0.5, 0.6) is 5.75 Å². The molecule has 1 aliphatic rings. The fourth-order valence-electron chi connectivity index (χ4n) is 2.39. The number of aromatic amines is 1. The maximum absolute atomic E-state index is 12.2. The number of hydrogen-bond acceptors (Lipinski definition) is 3. The van der Waals surface area contributed by atoms with Gasteiger partial charge in [-0.05, 0) is 31.0 Å². The highest BCUT2D eigenvalue weighted by Crippen LogP contribution is 2.45. The molecule has 3 rings (SSSR count). The number of ether oxygens (including phenoxy) is 1. The summed E-state index contributed by atoms with van der Waals surface area (Å²) in [7, 11) is 0. The van der Waals surface area contributed by atoms with Gasteiger partial charge >= 0.3 is 12.3 Å². The van der Waals surface area contributed by atoms with Gasteiger partial charge in [0, 0.05) is 23.5 Å². The Morgan fingerprint density at radius 2 is 2.00 bits per heavy atom. The summed E-state index contributed by atoms with van der Waals surface area (Å²) >= 11 is 0. The third-order valence-corrected chi connectivity index (χ3v) is 3.97. The molecule has 24 heavy (non-hydrogen) atoms. The number of H-pyrrole nitrogens is 1. The van der Waals surface area contributed by atoms with Gasteiger partial charge in [0.25, 0.3) is 5.91 Å². The van der Waals surface area contributed by atoms with Crippen molar-refractivity contribution in [1.29, 1.82) is 0 Å². The topological polar surface area (TPSA) is 91.4 Å². The van der Waals surface area contributed by atoms with Gasteiger partial charge in [-0.1, -0.05) is 0 Å². The Kier molecular flexibility index (Phi) is 3.66. The lowest BCUT2D eigenvalue weighted by molar-refractivity contribution is -0.274. The second kappa shape index (κ2) is 5.43. The smallest absolute Gasteiger partial charge is 0.481 e. The van der Waals surface area contributed by atoms with Gasteiger partial charge < -0.3 is 20.1 Å². The number of amides is 1. The average Bonchev–Trinajstić information content (AvgIpc) is 3.16. The van der Waals surface area contributed by atoms with E-state index in [4.69, 9.17) is 5.11 Å². The Morgan fingerprint density at radius 3 is 2.58 bits per heavy atom. The normalized spacial score (nSPS) is 16.0. The number of carbonyl (C=O) groups excluding carboxylic acids is 1. The van der Waals surface area contributed by atoms with Gasteiger partial charge in [-0.3, -0.25) is 9.59 Å². The molecule has 1 aromatic carbocycles. The van der Waals surface area contributed by atoms with Crippen LogP contribution in [-0.2, 0) is 4.79 Å². The van der Waals surface area contributed by atoms with Gasteiger partial charge in [0.2, 0.25) is 0 Å². The number of carboxylic acids is 1. The van der Waals surface area contributed by atoms with Gasteiger partial charge in [-0.15, -0.1) is 13.2 Å². The molecule has 0 saturated heterocycles. The first-order valence-electron chi connectivity index (χ1n) is 7.09. The van der Waals surface area contributed by atoms with E-state index in [0.29, 0.717) is 23.7 Å². The van der Waals surface area contributed by atoms with Crippen LogP contribution in [-0.4, -0.2) is 34.9 Å². The third kappa shape index (κ3) is 3.29. The van der Waals surface area contributed by atoms with Crippen LogP contribution >= 0.6 is 0 Å². The van der Waals surface area contributed by atoms with E-state index in [9.17, 15) is 22.8 Å². The zero-order chi connectivity index (χ0) is 17.5. The second-order valence-electron chi connectivity index (χ2n) is 5.75. The quantitative estimate of drug-likeness (QED) is 0.779. The SMILES string of the molecule is O=C(NCC1(C(=O)O)CC1)c1cc2ccc(OC(F)(F)F)cc2[nH]1. The lowest BCUT2D eigenvalue weighted by atomic mass is 10.1. The Hall–Kier alpha value is -2.71. The van der Waals surface area contributed by atoms with Crippen LogP contribution in [0.15, 0.2) is 24.3 Å². The summed E-state index contributed by atoms with van der Waals surface area (Å²) in [6.45, 7) is 0.0129. The standard InChI is InChI=1S/C15H13F3N2O4/c16-15(17,18)24-9-2-1-8-5-11(20-10(8)6-9)12(21)19-7-14(3-4-14)13(22)23/h1-2,5-6,20H,3-4,7H2,(H,19,21)(H,22,23). The van der Waals surface area contributed by atoms with Gasteiger partial charge in [-0.25, -0.2) is 0 Å². The largest absolute Gasteiger partial charge is 0.573 e. The van der Waals surface area contributed by atoms with E-state index < -0.39 is 29.4 Å². The Bertz CT molecular complexity index is 809. The number of benzene rings is 1. The summed E-state index contributed by atoms with van der Waals surface area (Å²) in [4.78, 5) is 25.8. The Labute approximate surface area is 133 Å². The fourth-order valence-corrected chi connectivity index (χ4v) is 2.39. The minimum Gasteiger partial charge on any atom is -0.481 e. The van der Waals surface area contributed by atoms with E-state index in [-0.39, 0.29) is 12.2 Å². The number of rotatable bonds is 5. The molecule has 0 spiro atoms. The first-order chi connectivity index (χ1) is 11.2. The average molecular weight is 342 g/mol. The molecule has 1 amide bonds. The molecule has 0 aliphatic heterocycles. The molecule has 1 heterocycles. The van der Waals surface area contributed by atoms with E-state index in [0.717, 1.165) is 12.1 Å². The van der Waals surface area contributed by atoms with Crippen LogP contribution < -0.4 is 10.1 Å². The van der Waals surface area contributed by atoms with Gasteiger partial charge in [0.05, 0.1) is 5.41 Å². The minimum absolute atomic E-state index is 0.0129. The fraction of sp³-hybridized carbons (Fsp3) is 0.333. The summed E-state index contributed by atoms with van der Waals surface area (Å²) < 4.78 is 40.5. The van der Waals surface area contributed by atoms with Crippen LogP contribution in [0.25, 0.3) is 10.9 Å². The summed E-state index contributed by atoms with van der Waals surface area (Å²) in [5.74, 6) is -1.86. The predicted molar refractivity (Wildman–Crippen MR) is 76.6 cm³/mol. The molecular weight excluding hydrogens is 329 g/mol. The van der Waals surface area contributed by atoms with Crippen LogP contribution in [0.4, 0.5) is 13.2 Å². The van der Waals surface area contributed by atoms with Crippen molar-refractivity contribution in [3.8, 4) is 5.75 Å². The number of aromatic nitrogens is 1. The molecule has 1 saturated carbocycles. The molecule has 9 heteroatoms. The van der Waals surface area contributed by atoms with Crippen LogP contribution in [0.1, 0.15) is 23.3 Å². The lowest BCUT2D eigenvalue weighted by Gasteiger charge is -2.10. The lowest BCUT2D eigenvalue weighted by Crippen LogP contribution is -2.34. The third-order valence-electron chi connectivity index (χ3n) is 3.97. The molecule has 0 bridgehead atoms. The maximum Gasteiger partial charge on any atom is 0.573 e. The van der Waals surface area contributed by atoms with Gasteiger partial charge in [-0.2, -0.15) is 0 Å². The number of fused-ring (bicyclic) bond motifs is 1. The summed E-state index contributed by atoms with van der Waals surface area (Å²) in [6.07, 6.45) is -3.78. The minimum atomic E-state index is -4.80. The van der Waals surface area contributed by atoms with E-state index in [1.807, 2.05) is 0 Å². The Balaban J connectivity index is 1.73. The summed E-state index contributed by atoms with van der Waals surface area (Å²) in [5.41, 5.74) is -0.452. The van der Waals surface area contributed by atoms with Crippen LogP contribution in [0.2, 0.25) is 0 Å². The molecule has 3 N–H and O–H groups in total. The van der Waals surface area contributed by atoms with Crippen molar-refractivity contribution in [2.45, 2.75) is 19.2 Å². The highest BCUT2D eigenvalue weighted by atomic mass is 19.4. The number of carbonyl (C=O) groups is 2. The highest BCUT2D eigenvalue weighted by molar-refractivity contribution is 5.98. The molecule has 1 aliphatic carbocycles. The number of alkyl halides is 3. The molecular formula is C15H13F3N2O4. The van der Waals surface area contributed by atoms with Crippen molar-refractivity contribution in [3.63, 3.8) is 0 Å². The van der Waals surface area contributed by atoms with Crippen molar-refractivity contribution in [3.05, 3.63) is 30.0 Å².